The van der Waals surface area contributed by atoms with Crippen LogP contribution in [0.3, 0.4) is 0 Å². The maximum atomic E-state index is 5.86. The second kappa shape index (κ2) is 6.36. The minimum absolute atomic E-state index is 0.742. The molecule has 1 aromatic carbocycles. The number of hydrogen-bond acceptors (Lipinski definition) is 1. The normalized spacial score (nSPS) is 16.7. The van der Waals surface area contributed by atoms with Crippen molar-refractivity contribution < 1.29 is 4.90 Å². The third-order valence-electron chi connectivity index (χ3n) is 3.35. The summed E-state index contributed by atoms with van der Waals surface area (Å²) in [6.07, 6.45) is 0. The molecule has 1 aliphatic rings. The Bertz CT molecular complexity index is 399. The number of rotatable bonds is 2. The molecule has 1 aromatic rings. The lowest BCUT2D eigenvalue weighted by atomic mass is 10.3. The Morgan fingerprint density at radius 1 is 1.33 bits per heavy atom. The van der Waals surface area contributed by atoms with Gasteiger partial charge in [-0.1, -0.05) is 11.6 Å². The topological polar surface area (TPSA) is 19.7 Å². The monoisotopic (exact) mass is 284 g/mol. The molecule has 0 bridgehead atoms. The lowest BCUT2D eigenvalue weighted by Crippen LogP contribution is -3.14. The summed E-state index contributed by atoms with van der Waals surface area (Å²) in [4.78, 5) is 3.89. The summed E-state index contributed by atoms with van der Waals surface area (Å²) >= 11 is 11.3. The molecule has 0 atom stereocenters. The highest BCUT2D eigenvalue weighted by atomic mass is 35.5. The van der Waals surface area contributed by atoms with Gasteiger partial charge in [-0.05, 0) is 43.4 Å². The van der Waals surface area contributed by atoms with Gasteiger partial charge in [-0.3, -0.25) is 0 Å². The number of likely N-dealkylation sites (N-methyl/N-ethyl adjacent to an activating group) is 1. The number of halogens is 1. The van der Waals surface area contributed by atoms with E-state index in [1.54, 1.807) is 4.90 Å². The standard InChI is InChI=1S/C13H18ClN3S/c1-2-16-7-9-17(10-8-16)13(18)15-12-5-3-11(14)4-6-12/h3-6H,2,7-10H2,1H3,(H,15,18)/p+1. The Morgan fingerprint density at radius 2 is 1.94 bits per heavy atom. The van der Waals surface area contributed by atoms with Crippen molar-refractivity contribution in [3.8, 4) is 0 Å². The summed E-state index contributed by atoms with van der Waals surface area (Å²) < 4.78 is 0. The van der Waals surface area contributed by atoms with E-state index >= 15 is 0 Å². The fourth-order valence-corrected chi connectivity index (χ4v) is 2.54. The molecule has 2 rings (SSSR count). The third-order valence-corrected chi connectivity index (χ3v) is 3.97. The van der Waals surface area contributed by atoms with Crippen molar-refractivity contribution >= 4 is 34.6 Å². The summed E-state index contributed by atoms with van der Waals surface area (Å²) in [5.41, 5.74) is 0.995. The van der Waals surface area contributed by atoms with E-state index in [1.807, 2.05) is 24.3 Å². The van der Waals surface area contributed by atoms with Crippen LogP contribution in [0.1, 0.15) is 6.92 Å². The zero-order valence-electron chi connectivity index (χ0n) is 10.6. The molecule has 0 unspecified atom stereocenters. The summed E-state index contributed by atoms with van der Waals surface area (Å²) in [5, 5.41) is 4.82. The molecule has 0 aromatic heterocycles. The number of nitrogens with one attached hydrogen (secondary N) is 2. The Kier molecular flexibility index (Phi) is 4.80. The van der Waals surface area contributed by atoms with Crippen molar-refractivity contribution in [1.29, 1.82) is 0 Å². The molecule has 2 N–H and O–H groups in total. The molecule has 0 spiro atoms. The van der Waals surface area contributed by atoms with Crippen LogP contribution in [0.15, 0.2) is 24.3 Å². The lowest BCUT2D eigenvalue weighted by molar-refractivity contribution is -0.902. The number of hydrogen-bond donors (Lipinski definition) is 2. The SMILES string of the molecule is CC[NH+]1CCN(C(=S)Nc2ccc(Cl)cc2)CC1. The smallest absolute Gasteiger partial charge is 0.173 e. The number of piperazine rings is 1. The molecule has 1 fully saturated rings. The van der Waals surface area contributed by atoms with Gasteiger partial charge < -0.3 is 15.1 Å². The molecule has 98 valence electrons. The fraction of sp³-hybridized carbons (Fsp3) is 0.462. The maximum absolute atomic E-state index is 5.86. The number of benzene rings is 1. The van der Waals surface area contributed by atoms with E-state index in [-0.39, 0.29) is 0 Å². The fourth-order valence-electron chi connectivity index (χ4n) is 2.12. The Morgan fingerprint density at radius 3 is 2.50 bits per heavy atom. The van der Waals surface area contributed by atoms with Gasteiger partial charge >= 0.3 is 0 Å². The van der Waals surface area contributed by atoms with Crippen molar-refractivity contribution in [2.45, 2.75) is 6.92 Å². The van der Waals surface area contributed by atoms with Crippen LogP contribution in [0, 0.1) is 0 Å². The highest BCUT2D eigenvalue weighted by molar-refractivity contribution is 7.80. The van der Waals surface area contributed by atoms with Gasteiger partial charge in [-0.2, -0.15) is 0 Å². The zero-order valence-corrected chi connectivity index (χ0v) is 12.2. The van der Waals surface area contributed by atoms with E-state index in [0.717, 1.165) is 28.9 Å². The van der Waals surface area contributed by atoms with Crippen LogP contribution < -0.4 is 10.2 Å². The number of nitrogens with zero attached hydrogens (tertiary/aromatic N) is 1. The summed E-state index contributed by atoms with van der Waals surface area (Å²) in [7, 11) is 0. The van der Waals surface area contributed by atoms with Crippen LogP contribution in [-0.4, -0.2) is 42.7 Å². The molecule has 18 heavy (non-hydrogen) atoms. The number of quaternary nitrogens is 1. The van der Waals surface area contributed by atoms with Crippen molar-refractivity contribution in [3.05, 3.63) is 29.3 Å². The Balaban J connectivity index is 1.87. The molecule has 3 nitrogen and oxygen atoms in total. The summed E-state index contributed by atoms with van der Waals surface area (Å²) in [5.74, 6) is 0. The van der Waals surface area contributed by atoms with Crippen molar-refractivity contribution in [3.63, 3.8) is 0 Å². The lowest BCUT2D eigenvalue weighted by Gasteiger charge is -2.33. The van der Waals surface area contributed by atoms with Gasteiger partial charge in [0, 0.05) is 10.7 Å². The predicted octanol–water partition coefficient (Wildman–Crippen LogP) is 1.26. The van der Waals surface area contributed by atoms with E-state index in [0.29, 0.717) is 0 Å². The Hall–Kier alpha value is -0.840. The molecule has 0 radical (unpaired) electrons. The largest absolute Gasteiger partial charge is 0.338 e. The third kappa shape index (κ3) is 3.57. The first-order valence-electron chi connectivity index (χ1n) is 6.34. The number of thiocarbonyl (C=S) groups is 1. The number of anilines is 1. The van der Waals surface area contributed by atoms with E-state index in [9.17, 15) is 0 Å². The molecular formula is C13H19ClN3S+. The van der Waals surface area contributed by atoms with E-state index in [4.69, 9.17) is 23.8 Å². The molecule has 1 heterocycles. The van der Waals surface area contributed by atoms with Gasteiger partial charge in [-0.15, -0.1) is 0 Å². The zero-order chi connectivity index (χ0) is 13.0. The van der Waals surface area contributed by atoms with Gasteiger partial charge in [0.25, 0.3) is 0 Å². The average Bonchev–Trinajstić information content (AvgIpc) is 2.41. The highest BCUT2D eigenvalue weighted by Gasteiger charge is 2.20. The molecular weight excluding hydrogens is 266 g/mol. The second-order valence-electron chi connectivity index (χ2n) is 4.53. The summed E-state index contributed by atoms with van der Waals surface area (Å²) in [6, 6.07) is 7.63. The van der Waals surface area contributed by atoms with Crippen molar-refractivity contribution in [1.82, 2.24) is 4.90 Å². The molecule has 5 heteroatoms. The molecule has 0 saturated carbocycles. The van der Waals surface area contributed by atoms with Gasteiger partial charge in [0.15, 0.2) is 5.11 Å². The molecule has 0 aliphatic carbocycles. The quantitative estimate of drug-likeness (QED) is 0.798. The first-order valence-corrected chi connectivity index (χ1v) is 7.12. The van der Waals surface area contributed by atoms with E-state index < -0.39 is 0 Å². The van der Waals surface area contributed by atoms with E-state index in [2.05, 4.69) is 17.1 Å². The van der Waals surface area contributed by atoms with Crippen LogP contribution >= 0.6 is 23.8 Å². The molecule has 1 saturated heterocycles. The Labute approximate surface area is 119 Å². The predicted molar refractivity (Wildman–Crippen MR) is 80.5 cm³/mol. The van der Waals surface area contributed by atoms with Crippen molar-refractivity contribution in [2.75, 3.05) is 38.0 Å². The first-order chi connectivity index (χ1) is 8.69. The molecule has 0 amide bonds. The molecule has 1 aliphatic heterocycles. The average molecular weight is 285 g/mol. The van der Waals surface area contributed by atoms with Crippen LogP contribution in [-0.2, 0) is 0 Å². The van der Waals surface area contributed by atoms with Crippen LogP contribution in [0.4, 0.5) is 5.69 Å². The van der Waals surface area contributed by atoms with Crippen LogP contribution in [0.25, 0.3) is 0 Å². The minimum atomic E-state index is 0.742. The van der Waals surface area contributed by atoms with Gasteiger partial charge in [0.05, 0.1) is 32.7 Å². The maximum Gasteiger partial charge on any atom is 0.173 e. The van der Waals surface area contributed by atoms with Crippen molar-refractivity contribution in [2.24, 2.45) is 0 Å². The first kappa shape index (κ1) is 13.6. The van der Waals surface area contributed by atoms with Gasteiger partial charge in [0.1, 0.15) is 0 Å². The van der Waals surface area contributed by atoms with Crippen LogP contribution in [0.5, 0.6) is 0 Å². The van der Waals surface area contributed by atoms with E-state index in [1.165, 1.54) is 19.6 Å². The van der Waals surface area contributed by atoms with Gasteiger partial charge in [0.2, 0.25) is 0 Å². The van der Waals surface area contributed by atoms with Crippen LogP contribution in [0.2, 0.25) is 5.02 Å². The minimum Gasteiger partial charge on any atom is -0.338 e. The summed E-state index contributed by atoms with van der Waals surface area (Å²) in [6.45, 7) is 7.82. The highest BCUT2D eigenvalue weighted by Crippen LogP contribution is 2.13. The van der Waals surface area contributed by atoms with Gasteiger partial charge in [-0.25, -0.2) is 0 Å². The second-order valence-corrected chi connectivity index (χ2v) is 5.35.